The highest BCUT2D eigenvalue weighted by atomic mass is 32.2. The molecule has 29 heavy (non-hydrogen) atoms. The van der Waals surface area contributed by atoms with Crippen molar-refractivity contribution in [3.8, 4) is 0 Å². The van der Waals surface area contributed by atoms with E-state index < -0.39 is 29.8 Å². The van der Waals surface area contributed by atoms with Crippen molar-refractivity contribution in [2.45, 2.75) is 24.0 Å². The Morgan fingerprint density at radius 2 is 1.93 bits per heavy atom. The summed E-state index contributed by atoms with van der Waals surface area (Å²) >= 11 is 1.24. The predicted molar refractivity (Wildman–Crippen MR) is 100 cm³/mol. The molecule has 4 N–H and O–H groups in total. The fourth-order valence-electron chi connectivity index (χ4n) is 2.66. The van der Waals surface area contributed by atoms with E-state index in [0.717, 1.165) is 12.4 Å². The maximum absolute atomic E-state index is 14.3. The molecule has 0 saturated carbocycles. The number of nitrogens with one attached hydrogen (secondary N) is 2. The number of aromatic nitrogens is 2. The molecule has 0 spiro atoms. The number of aryl methyl sites for hydroxylation is 1. The van der Waals surface area contributed by atoms with Gasteiger partial charge in [-0.15, -0.1) is 11.8 Å². The SMILES string of the molecule is CSc1cc(F)c2oc(C(NC(=O)Nc3cnc(N)nc3)C(F)(F)F)c(C)c2c1. The first-order valence-electron chi connectivity index (χ1n) is 8.08. The number of nitrogen functional groups attached to an aromatic ring is 1. The molecular formula is C17H15F4N5O2S. The van der Waals surface area contributed by atoms with Crippen molar-refractivity contribution in [3.05, 3.63) is 41.7 Å². The van der Waals surface area contributed by atoms with Crippen molar-refractivity contribution in [1.82, 2.24) is 15.3 Å². The number of carbonyl (C=O) groups is 1. The smallest absolute Gasteiger partial charge is 0.416 e. The molecule has 0 bridgehead atoms. The molecule has 1 unspecified atom stereocenters. The molecule has 2 aromatic heterocycles. The number of carbonyl (C=O) groups excluding carboxylic acids is 1. The van der Waals surface area contributed by atoms with Gasteiger partial charge in [0.2, 0.25) is 5.95 Å². The molecule has 0 saturated heterocycles. The average molecular weight is 429 g/mol. The molecule has 0 aliphatic carbocycles. The summed E-state index contributed by atoms with van der Waals surface area (Å²) in [6.07, 6.45) is -0.915. The molecule has 12 heteroatoms. The van der Waals surface area contributed by atoms with Crippen LogP contribution in [0.3, 0.4) is 0 Å². The van der Waals surface area contributed by atoms with Crippen LogP contribution < -0.4 is 16.4 Å². The first-order chi connectivity index (χ1) is 13.6. The highest BCUT2D eigenvalue weighted by molar-refractivity contribution is 7.98. The zero-order valence-electron chi connectivity index (χ0n) is 15.1. The van der Waals surface area contributed by atoms with Gasteiger partial charge in [-0.25, -0.2) is 19.2 Å². The van der Waals surface area contributed by atoms with E-state index in [1.165, 1.54) is 30.8 Å². The number of alkyl halides is 3. The van der Waals surface area contributed by atoms with Crippen LogP contribution in [0, 0.1) is 12.7 Å². The molecule has 2 amide bonds. The molecular weight excluding hydrogens is 414 g/mol. The predicted octanol–water partition coefficient (Wildman–Crippen LogP) is 4.40. The number of rotatable bonds is 4. The molecule has 1 aromatic carbocycles. The molecule has 0 radical (unpaired) electrons. The zero-order chi connectivity index (χ0) is 21.3. The van der Waals surface area contributed by atoms with Gasteiger partial charge in [-0.1, -0.05) is 0 Å². The summed E-state index contributed by atoms with van der Waals surface area (Å²) in [7, 11) is 0. The zero-order valence-corrected chi connectivity index (χ0v) is 15.9. The van der Waals surface area contributed by atoms with E-state index in [-0.39, 0.29) is 28.2 Å². The largest absolute Gasteiger partial charge is 0.455 e. The number of halogens is 4. The first-order valence-corrected chi connectivity index (χ1v) is 9.31. The maximum Gasteiger partial charge on any atom is 0.416 e. The Bertz CT molecular complexity index is 1050. The van der Waals surface area contributed by atoms with E-state index >= 15 is 0 Å². The number of urea groups is 1. The van der Waals surface area contributed by atoms with Crippen LogP contribution in [0.5, 0.6) is 0 Å². The molecule has 0 aliphatic rings. The number of furan rings is 1. The van der Waals surface area contributed by atoms with Crippen LogP contribution >= 0.6 is 11.8 Å². The van der Waals surface area contributed by atoms with Crippen LogP contribution in [-0.4, -0.2) is 28.4 Å². The number of amides is 2. The monoisotopic (exact) mass is 429 g/mol. The Kier molecular flexibility index (Phi) is 5.55. The maximum atomic E-state index is 14.3. The Hall–Kier alpha value is -3.02. The van der Waals surface area contributed by atoms with Crippen LogP contribution in [0.15, 0.2) is 33.8 Å². The fourth-order valence-corrected chi connectivity index (χ4v) is 3.12. The van der Waals surface area contributed by atoms with Crippen molar-refractivity contribution in [2.24, 2.45) is 0 Å². The number of hydrogen-bond acceptors (Lipinski definition) is 6. The fraction of sp³-hybridized carbons (Fsp3) is 0.235. The summed E-state index contributed by atoms with van der Waals surface area (Å²) in [5.74, 6) is -1.45. The Labute approximate surface area is 166 Å². The number of anilines is 2. The van der Waals surface area contributed by atoms with E-state index in [9.17, 15) is 22.4 Å². The molecule has 2 heterocycles. The number of fused-ring (bicyclic) bond motifs is 1. The van der Waals surface area contributed by atoms with Crippen molar-refractivity contribution in [1.29, 1.82) is 0 Å². The van der Waals surface area contributed by atoms with Crippen molar-refractivity contribution in [2.75, 3.05) is 17.3 Å². The number of hydrogen-bond donors (Lipinski definition) is 3. The Morgan fingerprint density at radius 1 is 1.28 bits per heavy atom. The second-order valence-electron chi connectivity index (χ2n) is 5.98. The van der Waals surface area contributed by atoms with Crippen LogP contribution in [0.1, 0.15) is 17.4 Å². The van der Waals surface area contributed by atoms with Crippen LogP contribution in [0.2, 0.25) is 0 Å². The van der Waals surface area contributed by atoms with E-state index in [2.05, 4.69) is 15.3 Å². The van der Waals surface area contributed by atoms with Gasteiger partial charge in [-0.05, 0) is 25.3 Å². The molecule has 1 atom stereocenters. The van der Waals surface area contributed by atoms with Gasteiger partial charge in [0, 0.05) is 15.8 Å². The lowest BCUT2D eigenvalue weighted by atomic mass is 10.1. The highest BCUT2D eigenvalue weighted by Crippen LogP contribution is 2.40. The van der Waals surface area contributed by atoms with Gasteiger partial charge in [0.1, 0.15) is 5.76 Å². The van der Waals surface area contributed by atoms with Crippen molar-refractivity contribution >= 4 is 40.4 Å². The lowest BCUT2D eigenvalue weighted by molar-refractivity contribution is -0.158. The van der Waals surface area contributed by atoms with Gasteiger partial charge in [0.05, 0.1) is 18.1 Å². The second-order valence-corrected chi connectivity index (χ2v) is 6.86. The van der Waals surface area contributed by atoms with E-state index in [1.54, 1.807) is 11.6 Å². The normalized spacial score (nSPS) is 12.8. The summed E-state index contributed by atoms with van der Waals surface area (Å²) in [5.41, 5.74) is 5.12. The van der Waals surface area contributed by atoms with Crippen molar-refractivity contribution in [3.63, 3.8) is 0 Å². The van der Waals surface area contributed by atoms with Crippen LogP contribution in [0.4, 0.5) is 34.0 Å². The summed E-state index contributed by atoms with van der Waals surface area (Å²) in [6.45, 7) is 1.37. The lowest BCUT2D eigenvalue weighted by Crippen LogP contribution is -2.40. The van der Waals surface area contributed by atoms with E-state index in [4.69, 9.17) is 10.2 Å². The molecule has 0 aliphatic heterocycles. The quantitative estimate of drug-likeness (QED) is 0.419. The third kappa shape index (κ3) is 4.36. The van der Waals surface area contributed by atoms with Crippen LogP contribution in [0.25, 0.3) is 11.0 Å². The number of thioether (sulfide) groups is 1. The minimum absolute atomic E-state index is 0.0367. The van der Waals surface area contributed by atoms with Crippen molar-refractivity contribution < 1.29 is 26.8 Å². The van der Waals surface area contributed by atoms with Gasteiger partial charge >= 0.3 is 12.2 Å². The second kappa shape index (κ2) is 7.78. The van der Waals surface area contributed by atoms with E-state index in [0.29, 0.717) is 4.90 Å². The molecule has 7 nitrogen and oxygen atoms in total. The molecule has 0 fully saturated rings. The van der Waals surface area contributed by atoms with Gasteiger partial charge < -0.3 is 20.8 Å². The van der Waals surface area contributed by atoms with Gasteiger partial charge in [-0.3, -0.25) is 0 Å². The molecule has 3 rings (SSSR count). The summed E-state index contributed by atoms with van der Waals surface area (Å²) in [5, 5.41) is 4.18. The van der Waals surface area contributed by atoms with Gasteiger partial charge in [-0.2, -0.15) is 13.2 Å². The summed E-state index contributed by atoms with van der Waals surface area (Å²) in [4.78, 5) is 19.9. The first kappa shape index (κ1) is 20.7. The summed E-state index contributed by atoms with van der Waals surface area (Å²) in [6, 6.07) is -0.971. The van der Waals surface area contributed by atoms with Gasteiger partial charge in [0.25, 0.3) is 0 Å². The molecule has 3 aromatic rings. The standard InChI is InChI=1S/C17H15F4N5O2S/c1-7-10-3-9(29-2)4-11(18)13(10)28-12(7)14(17(19,20)21)26-16(27)25-8-5-23-15(22)24-6-8/h3-6,14H,1-2H3,(H2,22,23,24)(H2,25,26,27). The van der Waals surface area contributed by atoms with Crippen LogP contribution in [-0.2, 0) is 0 Å². The third-order valence-corrected chi connectivity index (χ3v) is 4.74. The van der Waals surface area contributed by atoms with E-state index in [1.807, 2.05) is 0 Å². The lowest BCUT2D eigenvalue weighted by Gasteiger charge is -2.20. The number of nitrogens with zero attached hydrogens (tertiary/aromatic N) is 2. The average Bonchev–Trinajstić information content (AvgIpc) is 2.97. The number of benzene rings is 1. The third-order valence-electron chi connectivity index (χ3n) is 4.03. The minimum Gasteiger partial charge on any atom is -0.455 e. The molecule has 154 valence electrons. The Morgan fingerprint density at radius 3 is 2.52 bits per heavy atom. The number of nitrogens with two attached hydrogens (primary N) is 1. The summed E-state index contributed by atoms with van der Waals surface area (Å²) < 4.78 is 60.5. The topological polar surface area (TPSA) is 106 Å². The highest BCUT2D eigenvalue weighted by Gasteiger charge is 2.45. The van der Waals surface area contributed by atoms with Gasteiger partial charge in [0.15, 0.2) is 17.4 Å². The Balaban J connectivity index is 1.95. The minimum atomic E-state index is -4.90.